The van der Waals surface area contributed by atoms with Gasteiger partial charge in [-0.25, -0.2) is 0 Å². The number of aryl methyl sites for hydroxylation is 3. The number of hydrogen-bond donors (Lipinski definition) is 2. The second kappa shape index (κ2) is 8.66. The van der Waals surface area contributed by atoms with Crippen LogP contribution in [-0.4, -0.2) is 43.7 Å². The van der Waals surface area contributed by atoms with Crippen LogP contribution in [0.3, 0.4) is 0 Å². The Bertz CT molecular complexity index is 765. The monoisotopic (exact) mass is 372 g/mol. The van der Waals surface area contributed by atoms with Crippen LogP contribution in [0.15, 0.2) is 35.3 Å². The van der Waals surface area contributed by atoms with Crippen LogP contribution in [0.1, 0.15) is 26.9 Å². The first kappa shape index (κ1) is 18.9. The summed E-state index contributed by atoms with van der Waals surface area (Å²) in [6.45, 7) is 10.4. The Morgan fingerprint density at radius 2 is 1.96 bits per heavy atom. The Balaban J connectivity index is 1.71. The second-order valence-electron chi connectivity index (χ2n) is 6.76. The van der Waals surface area contributed by atoms with E-state index in [1.54, 1.807) is 0 Å². The Morgan fingerprint density at radius 1 is 1.19 bits per heavy atom. The van der Waals surface area contributed by atoms with E-state index in [2.05, 4.69) is 60.2 Å². The molecule has 140 valence electrons. The van der Waals surface area contributed by atoms with Crippen molar-refractivity contribution in [3.8, 4) is 0 Å². The molecule has 3 N–H and O–H groups in total. The zero-order valence-electron chi connectivity index (χ0n) is 15.8. The molecule has 26 heavy (non-hydrogen) atoms. The lowest BCUT2D eigenvalue weighted by atomic mass is 10.1. The number of ether oxygens (including phenoxy) is 1. The highest BCUT2D eigenvalue weighted by Gasteiger charge is 2.23. The van der Waals surface area contributed by atoms with Gasteiger partial charge in [0.25, 0.3) is 0 Å². The summed E-state index contributed by atoms with van der Waals surface area (Å²) < 4.78 is 5.51. The largest absolute Gasteiger partial charge is 0.379 e. The van der Waals surface area contributed by atoms with Gasteiger partial charge in [0.15, 0.2) is 5.96 Å². The highest BCUT2D eigenvalue weighted by Crippen LogP contribution is 2.28. The smallest absolute Gasteiger partial charge is 0.193 e. The number of benzene rings is 1. The van der Waals surface area contributed by atoms with E-state index in [4.69, 9.17) is 10.5 Å². The fourth-order valence-electron chi connectivity index (χ4n) is 3.10. The molecule has 1 atom stereocenters. The topological polar surface area (TPSA) is 62.9 Å². The van der Waals surface area contributed by atoms with Crippen molar-refractivity contribution in [3.05, 3.63) is 51.2 Å². The Morgan fingerprint density at radius 3 is 2.62 bits per heavy atom. The molecule has 1 saturated heterocycles. The van der Waals surface area contributed by atoms with E-state index in [1.807, 2.05) is 17.4 Å². The minimum absolute atomic E-state index is 0.248. The molecule has 1 aromatic heterocycles. The molecule has 0 radical (unpaired) electrons. The molecule has 2 aromatic rings. The molecule has 0 aliphatic carbocycles. The van der Waals surface area contributed by atoms with Crippen molar-refractivity contribution in [1.82, 2.24) is 4.90 Å². The standard InChI is InChI=1S/C20H28N4OS/c1-14-4-6-17(12-15(14)2)23-20(21)22-13-18(19-7-5-16(3)26-19)24-8-10-25-11-9-24/h4-7,12,18H,8-11,13H2,1-3H3,(H3,21,22,23). The molecule has 1 aliphatic rings. The summed E-state index contributed by atoms with van der Waals surface area (Å²) in [5, 5.41) is 3.21. The first-order chi connectivity index (χ1) is 12.5. The van der Waals surface area contributed by atoms with Gasteiger partial charge in [0, 0.05) is 28.5 Å². The number of nitrogens with one attached hydrogen (secondary N) is 1. The molecule has 5 nitrogen and oxygen atoms in total. The van der Waals surface area contributed by atoms with Crippen LogP contribution in [0, 0.1) is 20.8 Å². The SMILES string of the molecule is Cc1ccc(C(CN=C(N)Nc2ccc(C)c(C)c2)N2CCOCC2)s1. The number of hydrogen-bond acceptors (Lipinski definition) is 4. The van der Waals surface area contributed by atoms with Crippen LogP contribution in [0.2, 0.25) is 0 Å². The number of anilines is 1. The molecule has 1 fully saturated rings. The summed E-state index contributed by atoms with van der Waals surface area (Å²) >= 11 is 1.84. The van der Waals surface area contributed by atoms with E-state index in [0.717, 1.165) is 32.0 Å². The maximum Gasteiger partial charge on any atom is 0.193 e. The van der Waals surface area contributed by atoms with Crippen LogP contribution in [0.25, 0.3) is 0 Å². The van der Waals surface area contributed by atoms with E-state index in [1.165, 1.54) is 20.9 Å². The highest BCUT2D eigenvalue weighted by molar-refractivity contribution is 7.12. The Labute approximate surface area is 159 Å². The zero-order chi connectivity index (χ0) is 18.5. The van der Waals surface area contributed by atoms with Crippen molar-refractivity contribution in [2.75, 3.05) is 38.2 Å². The van der Waals surface area contributed by atoms with Crippen molar-refractivity contribution >= 4 is 23.0 Å². The van der Waals surface area contributed by atoms with Gasteiger partial charge in [-0.1, -0.05) is 6.07 Å². The first-order valence-corrected chi connectivity index (χ1v) is 9.87. The number of nitrogens with two attached hydrogens (primary N) is 1. The third-order valence-corrected chi connectivity index (χ3v) is 5.89. The molecule has 6 heteroatoms. The third kappa shape index (κ3) is 4.84. The highest BCUT2D eigenvalue weighted by atomic mass is 32.1. The normalized spacial score (nSPS) is 17.3. The quantitative estimate of drug-likeness (QED) is 0.623. The van der Waals surface area contributed by atoms with Crippen molar-refractivity contribution < 1.29 is 4.74 Å². The van der Waals surface area contributed by atoms with Gasteiger partial charge < -0.3 is 15.8 Å². The molecule has 0 saturated carbocycles. The minimum Gasteiger partial charge on any atom is -0.379 e. The number of morpholine rings is 1. The van der Waals surface area contributed by atoms with Crippen LogP contribution in [0.4, 0.5) is 5.69 Å². The van der Waals surface area contributed by atoms with Gasteiger partial charge in [0.2, 0.25) is 0 Å². The fourth-order valence-corrected chi connectivity index (χ4v) is 4.10. The van der Waals surface area contributed by atoms with E-state index >= 15 is 0 Å². The number of guanidine groups is 1. The molecule has 0 bridgehead atoms. The van der Waals surface area contributed by atoms with Crippen LogP contribution >= 0.6 is 11.3 Å². The number of thiophene rings is 1. The average Bonchev–Trinajstić information content (AvgIpc) is 3.05. The van der Waals surface area contributed by atoms with E-state index in [0.29, 0.717) is 12.5 Å². The average molecular weight is 373 g/mol. The molecule has 0 amide bonds. The summed E-state index contributed by atoms with van der Waals surface area (Å²) in [6, 6.07) is 10.9. The van der Waals surface area contributed by atoms with Gasteiger partial charge in [-0.05, 0) is 56.2 Å². The van der Waals surface area contributed by atoms with Gasteiger partial charge >= 0.3 is 0 Å². The molecular formula is C20H28N4OS. The minimum atomic E-state index is 0.248. The fraction of sp³-hybridized carbons (Fsp3) is 0.450. The van der Waals surface area contributed by atoms with Crippen LogP contribution in [0.5, 0.6) is 0 Å². The third-order valence-electron chi connectivity index (χ3n) is 4.79. The van der Waals surface area contributed by atoms with Crippen LogP contribution < -0.4 is 11.1 Å². The molecule has 1 unspecified atom stereocenters. The van der Waals surface area contributed by atoms with Crippen molar-refractivity contribution in [2.45, 2.75) is 26.8 Å². The van der Waals surface area contributed by atoms with Crippen molar-refractivity contribution in [2.24, 2.45) is 10.7 Å². The van der Waals surface area contributed by atoms with Gasteiger partial charge in [0.1, 0.15) is 0 Å². The van der Waals surface area contributed by atoms with Crippen LogP contribution in [-0.2, 0) is 4.74 Å². The predicted octanol–water partition coefficient (Wildman–Crippen LogP) is 3.47. The van der Waals surface area contributed by atoms with Gasteiger partial charge in [-0.15, -0.1) is 11.3 Å². The van der Waals surface area contributed by atoms with Crippen molar-refractivity contribution in [3.63, 3.8) is 0 Å². The lowest BCUT2D eigenvalue weighted by molar-refractivity contribution is 0.0187. The van der Waals surface area contributed by atoms with Crippen molar-refractivity contribution in [1.29, 1.82) is 0 Å². The summed E-state index contributed by atoms with van der Waals surface area (Å²) in [6.07, 6.45) is 0. The Kier molecular flexibility index (Phi) is 6.29. The zero-order valence-corrected chi connectivity index (χ0v) is 16.6. The molecular weight excluding hydrogens is 344 g/mol. The first-order valence-electron chi connectivity index (χ1n) is 9.05. The summed E-state index contributed by atoms with van der Waals surface area (Å²) in [4.78, 5) is 9.75. The van der Waals surface area contributed by atoms with Gasteiger partial charge in [0.05, 0.1) is 25.8 Å². The molecule has 3 rings (SSSR count). The number of aliphatic imine (C=N–C) groups is 1. The molecule has 1 aliphatic heterocycles. The summed E-state index contributed by atoms with van der Waals surface area (Å²) in [7, 11) is 0. The lowest BCUT2D eigenvalue weighted by Gasteiger charge is -2.33. The lowest BCUT2D eigenvalue weighted by Crippen LogP contribution is -2.40. The Hall–Kier alpha value is -1.89. The number of nitrogens with zero attached hydrogens (tertiary/aromatic N) is 2. The molecule has 0 spiro atoms. The maximum atomic E-state index is 6.15. The molecule has 1 aromatic carbocycles. The van der Waals surface area contributed by atoms with E-state index in [9.17, 15) is 0 Å². The van der Waals surface area contributed by atoms with E-state index in [-0.39, 0.29) is 6.04 Å². The van der Waals surface area contributed by atoms with Gasteiger partial charge in [-0.3, -0.25) is 9.89 Å². The second-order valence-corrected chi connectivity index (χ2v) is 8.08. The van der Waals surface area contributed by atoms with E-state index < -0.39 is 0 Å². The maximum absolute atomic E-state index is 6.15. The predicted molar refractivity (Wildman–Crippen MR) is 110 cm³/mol. The van der Waals surface area contributed by atoms with Gasteiger partial charge in [-0.2, -0.15) is 0 Å². The number of rotatable bonds is 5. The summed E-state index contributed by atoms with van der Waals surface area (Å²) in [5.41, 5.74) is 9.64. The molecule has 2 heterocycles. The summed E-state index contributed by atoms with van der Waals surface area (Å²) in [5.74, 6) is 0.458.